The maximum Gasteiger partial charge on any atom is 0.147 e. The predicted octanol–water partition coefficient (Wildman–Crippen LogP) is 3.56. The topological polar surface area (TPSA) is 29.9 Å². The molecule has 0 spiro atoms. The second kappa shape index (κ2) is 5.48. The number of rotatable bonds is 4. The summed E-state index contributed by atoms with van der Waals surface area (Å²) in [6, 6.07) is 2.23. The first-order chi connectivity index (χ1) is 8.60. The molecule has 2 aromatic rings. The van der Waals surface area contributed by atoms with E-state index in [1.807, 2.05) is 13.1 Å². The molecule has 1 heterocycles. The van der Waals surface area contributed by atoms with Crippen molar-refractivity contribution in [3.8, 4) is 0 Å². The fraction of sp³-hybridized carbons (Fsp3) is 0.250. The van der Waals surface area contributed by atoms with Crippen LogP contribution >= 0.6 is 15.9 Å². The van der Waals surface area contributed by atoms with Gasteiger partial charge in [0.15, 0.2) is 0 Å². The standard InChI is InChI=1S/C12H12BrF2N3/c1-2-18-7-8(6-17-18)5-16-12-4-10(14)9(13)3-11(12)15/h3-4,6-7,16H,2,5H2,1H3. The molecule has 96 valence electrons. The summed E-state index contributed by atoms with van der Waals surface area (Å²) < 4.78 is 28.7. The maximum absolute atomic E-state index is 13.5. The smallest absolute Gasteiger partial charge is 0.147 e. The van der Waals surface area contributed by atoms with E-state index in [1.165, 1.54) is 0 Å². The van der Waals surface area contributed by atoms with Crippen molar-refractivity contribution in [3.05, 3.63) is 46.2 Å². The van der Waals surface area contributed by atoms with Gasteiger partial charge in [0.25, 0.3) is 0 Å². The Labute approximate surface area is 112 Å². The minimum atomic E-state index is -0.497. The Morgan fingerprint density at radius 3 is 2.78 bits per heavy atom. The molecule has 3 nitrogen and oxygen atoms in total. The largest absolute Gasteiger partial charge is 0.378 e. The highest BCUT2D eigenvalue weighted by molar-refractivity contribution is 9.10. The molecule has 2 rings (SSSR count). The molecular weight excluding hydrogens is 304 g/mol. The first-order valence-electron chi connectivity index (χ1n) is 5.50. The highest BCUT2D eigenvalue weighted by Gasteiger charge is 2.08. The van der Waals surface area contributed by atoms with E-state index < -0.39 is 11.6 Å². The second-order valence-electron chi connectivity index (χ2n) is 3.80. The minimum absolute atomic E-state index is 0.115. The molecule has 0 radical (unpaired) electrons. The molecule has 0 atom stereocenters. The van der Waals surface area contributed by atoms with Crippen molar-refractivity contribution >= 4 is 21.6 Å². The Morgan fingerprint density at radius 1 is 1.33 bits per heavy atom. The molecule has 0 saturated carbocycles. The third-order valence-electron chi connectivity index (χ3n) is 2.50. The molecule has 18 heavy (non-hydrogen) atoms. The molecule has 0 aliphatic heterocycles. The summed E-state index contributed by atoms with van der Waals surface area (Å²) in [5.74, 6) is -0.991. The van der Waals surface area contributed by atoms with Crippen molar-refractivity contribution < 1.29 is 8.78 Å². The molecule has 0 aliphatic carbocycles. The van der Waals surface area contributed by atoms with Gasteiger partial charge in [0, 0.05) is 30.9 Å². The van der Waals surface area contributed by atoms with Crippen LogP contribution in [0.5, 0.6) is 0 Å². The molecule has 0 aliphatic rings. The van der Waals surface area contributed by atoms with Crippen molar-refractivity contribution in [2.75, 3.05) is 5.32 Å². The lowest BCUT2D eigenvalue weighted by Gasteiger charge is -2.07. The Bertz CT molecular complexity index is 554. The van der Waals surface area contributed by atoms with Crippen LogP contribution in [0.15, 0.2) is 29.0 Å². The summed E-state index contributed by atoms with van der Waals surface area (Å²) in [5.41, 5.74) is 1.06. The van der Waals surface area contributed by atoms with E-state index >= 15 is 0 Å². The van der Waals surface area contributed by atoms with Crippen LogP contribution < -0.4 is 5.32 Å². The van der Waals surface area contributed by atoms with E-state index in [-0.39, 0.29) is 10.2 Å². The summed E-state index contributed by atoms with van der Waals surface area (Å²) in [6.07, 6.45) is 3.56. The van der Waals surface area contributed by atoms with Crippen molar-refractivity contribution in [2.24, 2.45) is 0 Å². The van der Waals surface area contributed by atoms with Gasteiger partial charge in [-0.2, -0.15) is 5.10 Å². The van der Waals surface area contributed by atoms with Gasteiger partial charge in [0.05, 0.1) is 16.4 Å². The van der Waals surface area contributed by atoms with Gasteiger partial charge >= 0.3 is 0 Å². The van der Waals surface area contributed by atoms with Crippen molar-refractivity contribution in [3.63, 3.8) is 0 Å². The van der Waals surface area contributed by atoms with Gasteiger partial charge in [-0.25, -0.2) is 8.78 Å². The molecule has 1 aromatic carbocycles. The lowest BCUT2D eigenvalue weighted by Crippen LogP contribution is -2.01. The number of aromatic nitrogens is 2. The number of nitrogens with one attached hydrogen (secondary N) is 1. The van der Waals surface area contributed by atoms with Gasteiger partial charge < -0.3 is 5.32 Å². The number of nitrogens with zero attached hydrogens (tertiary/aromatic N) is 2. The summed E-state index contributed by atoms with van der Waals surface area (Å²) >= 11 is 2.93. The lowest BCUT2D eigenvalue weighted by atomic mass is 10.2. The summed E-state index contributed by atoms with van der Waals surface area (Å²) in [7, 11) is 0. The van der Waals surface area contributed by atoms with Crippen molar-refractivity contribution in [1.29, 1.82) is 0 Å². The van der Waals surface area contributed by atoms with Crippen LogP contribution in [0.2, 0.25) is 0 Å². The Kier molecular flexibility index (Phi) is 3.96. The lowest BCUT2D eigenvalue weighted by molar-refractivity contribution is 0.596. The average Bonchev–Trinajstić information content (AvgIpc) is 2.80. The SMILES string of the molecule is CCn1cc(CNc2cc(F)c(Br)cc2F)cn1. The highest BCUT2D eigenvalue weighted by atomic mass is 79.9. The Hall–Kier alpha value is -1.43. The van der Waals surface area contributed by atoms with E-state index in [1.54, 1.807) is 10.9 Å². The van der Waals surface area contributed by atoms with Gasteiger partial charge in [0.1, 0.15) is 11.6 Å². The summed E-state index contributed by atoms with van der Waals surface area (Å²) in [5, 5.41) is 6.95. The van der Waals surface area contributed by atoms with Gasteiger partial charge in [-0.3, -0.25) is 4.68 Å². The molecule has 1 aromatic heterocycles. The number of anilines is 1. The van der Waals surface area contributed by atoms with E-state index in [0.717, 1.165) is 24.2 Å². The monoisotopic (exact) mass is 315 g/mol. The molecule has 0 fully saturated rings. The average molecular weight is 316 g/mol. The van der Waals surface area contributed by atoms with Gasteiger partial charge in [0.2, 0.25) is 0 Å². The number of halogens is 3. The van der Waals surface area contributed by atoms with E-state index in [9.17, 15) is 8.78 Å². The molecule has 0 unspecified atom stereocenters. The van der Waals surface area contributed by atoms with E-state index in [4.69, 9.17) is 0 Å². The quantitative estimate of drug-likeness (QED) is 0.874. The minimum Gasteiger partial charge on any atom is -0.378 e. The van der Waals surface area contributed by atoms with Crippen molar-refractivity contribution in [2.45, 2.75) is 20.0 Å². The number of benzene rings is 1. The van der Waals surface area contributed by atoms with Gasteiger partial charge in [-0.05, 0) is 28.9 Å². The number of hydrogen-bond acceptors (Lipinski definition) is 2. The van der Waals surface area contributed by atoms with E-state index in [0.29, 0.717) is 6.54 Å². The summed E-state index contributed by atoms with van der Waals surface area (Å²) in [4.78, 5) is 0. The highest BCUT2D eigenvalue weighted by Crippen LogP contribution is 2.23. The van der Waals surface area contributed by atoms with Crippen LogP contribution in [-0.2, 0) is 13.1 Å². The predicted molar refractivity (Wildman–Crippen MR) is 69.3 cm³/mol. The molecule has 0 bridgehead atoms. The van der Waals surface area contributed by atoms with Crippen LogP contribution in [0.1, 0.15) is 12.5 Å². The summed E-state index contributed by atoms with van der Waals surface area (Å²) in [6.45, 7) is 3.16. The van der Waals surface area contributed by atoms with Crippen LogP contribution in [0.4, 0.5) is 14.5 Å². The van der Waals surface area contributed by atoms with E-state index in [2.05, 4.69) is 26.3 Å². The third-order valence-corrected chi connectivity index (χ3v) is 3.11. The molecule has 1 N–H and O–H groups in total. The maximum atomic E-state index is 13.5. The van der Waals surface area contributed by atoms with Crippen LogP contribution in [0, 0.1) is 11.6 Å². The normalized spacial score (nSPS) is 10.7. The number of aryl methyl sites for hydroxylation is 1. The molecule has 0 saturated heterocycles. The molecular formula is C12H12BrF2N3. The van der Waals surface area contributed by atoms with Crippen LogP contribution in [-0.4, -0.2) is 9.78 Å². The van der Waals surface area contributed by atoms with Crippen LogP contribution in [0.3, 0.4) is 0 Å². The Balaban J connectivity index is 2.08. The fourth-order valence-electron chi connectivity index (χ4n) is 1.53. The zero-order valence-electron chi connectivity index (χ0n) is 9.75. The first kappa shape index (κ1) is 13.0. The Morgan fingerprint density at radius 2 is 2.11 bits per heavy atom. The molecule has 0 amide bonds. The van der Waals surface area contributed by atoms with Gasteiger partial charge in [-0.15, -0.1) is 0 Å². The third kappa shape index (κ3) is 2.87. The first-order valence-corrected chi connectivity index (χ1v) is 6.29. The van der Waals surface area contributed by atoms with Crippen LogP contribution in [0.25, 0.3) is 0 Å². The second-order valence-corrected chi connectivity index (χ2v) is 4.66. The molecule has 6 heteroatoms. The zero-order chi connectivity index (χ0) is 13.1. The zero-order valence-corrected chi connectivity index (χ0v) is 11.3. The fourth-order valence-corrected chi connectivity index (χ4v) is 1.84. The van der Waals surface area contributed by atoms with Gasteiger partial charge in [-0.1, -0.05) is 0 Å². The number of hydrogen-bond donors (Lipinski definition) is 1. The van der Waals surface area contributed by atoms with Crippen molar-refractivity contribution in [1.82, 2.24) is 9.78 Å².